The Balaban J connectivity index is 1.61. The van der Waals surface area contributed by atoms with Crippen molar-refractivity contribution in [3.8, 4) is 5.13 Å². The van der Waals surface area contributed by atoms with Crippen LogP contribution in [0.4, 0.5) is 0 Å². The number of para-hydroxylation sites is 1. The van der Waals surface area contributed by atoms with Gasteiger partial charge in [0, 0.05) is 17.8 Å². The molecule has 2 aromatic carbocycles. The lowest BCUT2D eigenvalue weighted by molar-refractivity contribution is 0.217. The lowest BCUT2D eigenvalue weighted by atomic mass is 10.0. The fourth-order valence-electron chi connectivity index (χ4n) is 5.28. The number of likely N-dealkylation sites (tertiary alicyclic amines) is 1. The van der Waals surface area contributed by atoms with Crippen LogP contribution in [0.3, 0.4) is 0 Å². The second kappa shape index (κ2) is 8.62. The van der Waals surface area contributed by atoms with Crippen molar-refractivity contribution >= 4 is 32.5 Å². The summed E-state index contributed by atoms with van der Waals surface area (Å²) >= 11 is 1.49. The van der Waals surface area contributed by atoms with Crippen molar-refractivity contribution in [1.29, 1.82) is 0 Å². The minimum Gasteiger partial charge on any atom is -0.309 e. The molecule has 0 radical (unpaired) electrons. The largest absolute Gasteiger partial charge is 0.309 e. The molecule has 35 heavy (non-hydrogen) atoms. The molecule has 0 atom stereocenters. The predicted molar refractivity (Wildman–Crippen MR) is 141 cm³/mol. The molecule has 0 unspecified atom stereocenters. The van der Waals surface area contributed by atoms with Gasteiger partial charge in [-0.25, -0.2) is 4.98 Å². The molecular weight excluding hydrogens is 458 g/mol. The molecule has 0 spiro atoms. The Morgan fingerprint density at radius 1 is 1.00 bits per heavy atom. The Morgan fingerprint density at radius 2 is 1.71 bits per heavy atom. The van der Waals surface area contributed by atoms with E-state index >= 15 is 0 Å². The molecule has 6 rings (SSSR count). The highest BCUT2D eigenvalue weighted by Gasteiger charge is 2.26. The monoisotopic (exact) mass is 485 g/mol. The first kappa shape index (κ1) is 22.0. The maximum atomic E-state index is 14.0. The van der Waals surface area contributed by atoms with Gasteiger partial charge < -0.3 is 9.47 Å². The van der Waals surface area contributed by atoms with Crippen molar-refractivity contribution in [2.45, 2.75) is 32.4 Å². The molecule has 178 valence electrons. The number of benzene rings is 2. The van der Waals surface area contributed by atoms with Gasteiger partial charge in [-0.2, -0.15) is 4.68 Å². The number of nitrogens with zero attached hydrogens (tertiary/aromatic N) is 5. The quantitative estimate of drug-likeness (QED) is 0.383. The number of aromatic nitrogens is 4. The van der Waals surface area contributed by atoms with Crippen LogP contribution in [-0.4, -0.2) is 44.0 Å². The van der Waals surface area contributed by atoms with Crippen LogP contribution < -0.4 is 11.1 Å². The highest BCUT2D eigenvalue weighted by Crippen LogP contribution is 2.28. The van der Waals surface area contributed by atoms with E-state index in [1.165, 1.54) is 11.3 Å². The molecule has 1 aliphatic rings. The van der Waals surface area contributed by atoms with Crippen LogP contribution in [0.25, 0.3) is 26.3 Å². The van der Waals surface area contributed by atoms with Crippen molar-refractivity contribution in [3.05, 3.63) is 92.6 Å². The van der Waals surface area contributed by atoms with Gasteiger partial charge in [0.2, 0.25) is 5.13 Å². The first-order valence-corrected chi connectivity index (χ1v) is 12.8. The lowest BCUT2D eigenvalue weighted by Gasteiger charge is -2.31. The molecule has 0 amide bonds. The van der Waals surface area contributed by atoms with Gasteiger partial charge >= 0.3 is 0 Å². The summed E-state index contributed by atoms with van der Waals surface area (Å²) in [4.78, 5) is 34.5. The number of fused-ring (bicyclic) bond motifs is 2. The van der Waals surface area contributed by atoms with E-state index in [0.29, 0.717) is 22.6 Å². The summed E-state index contributed by atoms with van der Waals surface area (Å²) in [5, 5.41) is 1.21. The molecule has 1 fully saturated rings. The highest BCUT2D eigenvalue weighted by molar-refractivity contribution is 7.20. The summed E-state index contributed by atoms with van der Waals surface area (Å²) in [6.45, 7) is 4.27. The van der Waals surface area contributed by atoms with E-state index in [1.807, 2.05) is 70.8 Å². The van der Waals surface area contributed by atoms with Crippen molar-refractivity contribution in [1.82, 2.24) is 23.8 Å². The van der Waals surface area contributed by atoms with Gasteiger partial charge in [-0.05, 0) is 57.6 Å². The van der Waals surface area contributed by atoms with Gasteiger partial charge in [-0.3, -0.25) is 14.3 Å². The SMILES string of the molecule is Cc1c2c(=O)n(-c3nc4ccccc4s3)n(Cc3ccccc3)c2cc(=O)n1C1CCN(C)CC1. The number of hydrogen-bond acceptors (Lipinski definition) is 5. The van der Waals surface area contributed by atoms with E-state index in [-0.39, 0.29) is 17.2 Å². The molecule has 1 aliphatic heterocycles. The zero-order valence-corrected chi connectivity index (χ0v) is 20.7. The molecule has 0 saturated carbocycles. The smallest absolute Gasteiger partial charge is 0.283 e. The van der Waals surface area contributed by atoms with Crippen LogP contribution in [0.5, 0.6) is 0 Å². The van der Waals surface area contributed by atoms with Crippen molar-refractivity contribution < 1.29 is 0 Å². The van der Waals surface area contributed by atoms with E-state index < -0.39 is 0 Å². The molecule has 0 aliphatic carbocycles. The van der Waals surface area contributed by atoms with Gasteiger partial charge in [0.25, 0.3) is 11.1 Å². The fourth-order valence-corrected chi connectivity index (χ4v) is 6.25. The van der Waals surface area contributed by atoms with Crippen LogP contribution in [0.1, 0.15) is 30.1 Å². The fraction of sp³-hybridized carbons (Fsp3) is 0.296. The average molecular weight is 486 g/mol. The summed E-state index contributed by atoms with van der Waals surface area (Å²) in [5.74, 6) is 0. The number of rotatable bonds is 4. The molecule has 5 aromatic rings. The van der Waals surface area contributed by atoms with E-state index in [2.05, 4.69) is 11.9 Å². The van der Waals surface area contributed by atoms with Crippen LogP contribution in [-0.2, 0) is 6.54 Å². The molecule has 1 saturated heterocycles. The van der Waals surface area contributed by atoms with E-state index in [9.17, 15) is 9.59 Å². The van der Waals surface area contributed by atoms with Crippen molar-refractivity contribution in [3.63, 3.8) is 0 Å². The molecule has 8 heteroatoms. The van der Waals surface area contributed by atoms with Gasteiger partial charge in [0.15, 0.2) is 0 Å². The Bertz CT molecular complexity index is 1620. The van der Waals surface area contributed by atoms with Crippen LogP contribution in [0.2, 0.25) is 0 Å². The Hall–Kier alpha value is -3.49. The van der Waals surface area contributed by atoms with Gasteiger partial charge in [0.1, 0.15) is 0 Å². The number of hydrogen-bond donors (Lipinski definition) is 0. The number of aryl methyl sites for hydroxylation is 1. The van der Waals surface area contributed by atoms with Crippen LogP contribution in [0.15, 0.2) is 70.3 Å². The second-order valence-corrected chi connectivity index (χ2v) is 10.4. The first-order valence-electron chi connectivity index (χ1n) is 12.0. The van der Waals surface area contributed by atoms with Crippen LogP contribution >= 0.6 is 11.3 Å². The zero-order chi connectivity index (χ0) is 24.1. The average Bonchev–Trinajstić information content (AvgIpc) is 3.39. The van der Waals surface area contributed by atoms with E-state index in [0.717, 1.165) is 47.4 Å². The molecule has 0 N–H and O–H groups in total. The predicted octanol–water partition coefficient (Wildman–Crippen LogP) is 4.19. The molecule has 0 bridgehead atoms. The standard InChI is InChI=1S/C27H27N5O2S/c1-18-25-22(16-24(33)31(18)20-12-14-29(2)15-13-20)30(17-19-8-4-3-5-9-19)32(26(25)34)27-28-21-10-6-7-11-23(21)35-27/h3-11,16,20H,12-15,17H2,1-2H3. The minimum atomic E-state index is -0.130. The van der Waals surface area contributed by atoms with Gasteiger partial charge in [0.05, 0.1) is 27.7 Å². The first-order chi connectivity index (χ1) is 17.0. The maximum absolute atomic E-state index is 14.0. The normalized spacial score (nSPS) is 15.4. The number of pyridine rings is 1. The van der Waals surface area contributed by atoms with Crippen molar-refractivity contribution in [2.24, 2.45) is 0 Å². The summed E-state index contributed by atoms with van der Waals surface area (Å²) in [6.07, 6.45) is 1.80. The summed E-state index contributed by atoms with van der Waals surface area (Å²) in [7, 11) is 2.11. The van der Waals surface area contributed by atoms with Gasteiger partial charge in [-0.15, -0.1) is 0 Å². The third-order valence-corrected chi connectivity index (χ3v) is 8.11. The molecule has 4 heterocycles. The van der Waals surface area contributed by atoms with Crippen molar-refractivity contribution in [2.75, 3.05) is 20.1 Å². The Morgan fingerprint density at radius 3 is 2.46 bits per heavy atom. The Labute approximate surface area is 206 Å². The van der Waals surface area contributed by atoms with Gasteiger partial charge in [-0.1, -0.05) is 53.8 Å². The van der Waals surface area contributed by atoms with Crippen LogP contribution in [0, 0.1) is 6.92 Å². The summed E-state index contributed by atoms with van der Waals surface area (Å²) in [6, 6.07) is 19.7. The third kappa shape index (κ3) is 3.73. The highest BCUT2D eigenvalue weighted by atomic mass is 32.1. The lowest BCUT2D eigenvalue weighted by Crippen LogP contribution is -2.36. The zero-order valence-electron chi connectivity index (χ0n) is 19.8. The molecular formula is C27H27N5O2S. The summed E-state index contributed by atoms with van der Waals surface area (Å²) in [5.41, 5.74) is 3.13. The topological polar surface area (TPSA) is 65.1 Å². The third-order valence-electron chi connectivity index (χ3n) is 7.09. The minimum absolute atomic E-state index is 0.0483. The number of thiazole rings is 1. The summed E-state index contributed by atoms with van der Waals surface area (Å²) < 4.78 is 6.45. The molecule has 7 nitrogen and oxygen atoms in total. The Kier molecular flexibility index (Phi) is 5.42. The van der Waals surface area contributed by atoms with E-state index in [4.69, 9.17) is 4.98 Å². The maximum Gasteiger partial charge on any atom is 0.283 e. The number of piperidine rings is 1. The second-order valence-electron chi connectivity index (χ2n) is 9.36. The molecule has 3 aromatic heterocycles. The van der Waals surface area contributed by atoms with E-state index in [1.54, 1.807) is 10.7 Å².